The van der Waals surface area contributed by atoms with Gasteiger partial charge in [-0.1, -0.05) is 37.2 Å². The molecule has 0 spiro atoms. The summed E-state index contributed by atoms with van der Waals surface area (Å²) in [5.41, 5.74) is 3.44. The number of hydrogen-bond donors (Lipinski definition) is 1. The van der Waals surface area contributed by atoms with Crippen LogP contribution in [0.3, 0.4) is 0 Å². The van der Waals surface area contributed by atoms with Crippen LogP contribution in [0.15, 0.2) is 51.2 Å². The SMILES string of the molecule is CC1=Nc2cc(C(=O)NCCCN3C[C@H](C)C[C@@H](C)C3)ccc2Sc2ccc(Cl)cc21. The van der Waals surface area contributed by atoms with Crippen molar-refractivity contribution in [3.63, 3.8) is 0 Å². The fraction of sp³-hybridized carbons (Fsp3) is 0.440. The molecule has 31 heavy (non-hydrogen) atoms. The molecule has 0 aromatic heterocycles. The number of carbonyl (C=O) groups excluding carboxylic acids is 1. The molecule has 2 aliphatic heterocycles. The first-order chi connectivity index (χ1) is 14.9. The standard InChI is InChI=1S/C25H30ClN3OS/c1-16-11-17(2)15-29(14-16)10-4-9-27-25(30)19-5-7-24-22(12-19)28-18(3)21-13-20(26)6-8-23(21)31-24/h5-8,12-13,16-17H,4,9-11,14-15H2,1-3H3,(H,27,30)/t16-,17-/m1/s1. The quantitative estimate of drug-likeness (QED) is 0.558. The lowest BCUT2D eigenvalue weighted by Crippen LogP contribution is -2.40. The molecule has 0 unspecified atom stereocenters. The van der Waals surface area contributed by atoms with Crippen LogP contribution in [0.5, 0.6) is 0 Å². The monoisotopic (exact) mass is 455 g/mol. The maximum Gasteiger partial charge on any atom is 0.251 e. The molecule has 6 heteroatoms. The van der Waals surface area contributed by atoms with Crippen LogP contribution in [0.1, 0.15) is 49.5 Å². The van der Waals surface area contributed by atoms with Gasteiger partial charge in [0.2, 0.25) is 0 Å². The predicted molar refractivity (Wildman–Crippen MR) is 130 cm³/mol. The van der Waals surface area contributed by atoms with E-state index in [-0.39, 0.29) is 5.91 Å². The lowest BCUT2D eigenvalue weighted by molar-refractivity contribution is 0.0947. The molecular formula is C25H30ClN3OS. The fourth-order valence-corrected chi connectivity index (χ4v) is 5.85. The third-order valence-electron chi connectivity index (χ3n) is 5.94. The Morgan fingerprint density at radius 3 is 2.68 bits per heavy atom. The first-order valence-electron chi connectivity index (χ1n) is 11.1. The summed E-state index contributed by atoms with van der Waals surface area (Å²) in [6.45, 7) is 10.7. The second-order valence-electron chi connectivity index (χ2n) is 8.94. The molecule has 0 aliphatic carbocycles. The van der Waals surface area contributed by atoms with E-state index >= 15 is 0 Å². The molecule has 1 N–H and O–H groups in total. The van der Waals surface area contributed by atoms with Gasteiger partial charge in [0.05, 0.1) is 5.69 Å². The van der Waals surface area contributed by atoms with Crippen LogP contribution in [0.25, 0.3) is 0 Å². The summed E-state index contributed by atoms with van der Waals surface area (Å²) in [7, 11) is 0. The van der Waals surface area contributed by atoms with Gasteiger partial charge in [0.25, 0.3) is 5.91 Å². The van der Waals surface area contributed by atoms with Crippen molar-refractivity contribution in [1.82, 2.24) is 10.2 Å². The Bertz CT molecular complexity index is 996. The predicted octanol–water partition coefficient (Wildman–Crippen LogP) is 6.04. The van der Waals surface area contributed by atoms with Crippen molar-refractivity contribution in [3.8, 4) is 0 Å². The van der Waals surface area contributed by atoms with Gasteiger partial charge >= 0.3 is 0 Å². The number of likely N-dealkylation sites (tertiary alicyclic amines) is 1. The summed E-state index contributed by atoms with van der Waals surface area (Å²) in [5, 5.41) is 3.78. The average molecular weight is 456 g/mol. The van der Waals surface area contributed by atoms with Crippen molar-refractivity contribution in [3.05, 3.63) is 52.5 Å². The van der Waals surface area contributed by atoms with Gasteiger partial charge in [-0.2, -0.15) is 0 Å². The van der Waals surface area contributed by atoms with E-state index in [0.717, 1.165) is 51.6 Å². The van der Waals surface area contributed by atoms with E-state index in [1.165, 1.54) is 19.5 Å². The summed E-state index contributed by atoms with van der Waals surface area (Å²) in [6, 6.07) is 11.7. The van der Waals surface area contributed by atoms with Crippen LogP contribution in [-0.2, 0) is 0 Å². The van der Waals surface area contributed by atoms with Gasteiger partial charge in [-0.3, -0.25) is 9.79 Å². The molecule has 0 radical (unpaired) electrons. The van der Waals surface area contributed by atoms with Crippen LogP contribution in [0.2, 0.25) is 5.02 Å². The van der Waals surface area contributed by atoms with Gasteiger partial charge in [0.15, 0.2) is 0 Å². The number of benzene rings is 2. The smallest absolute Gasteiger partial charge is 0.251 e. The Labute approximate surface area is 194 Å². The Hall–Kier alpha value is -1.82. The highest BCUT2D eigenvalue weighted by Gasteiger charge is 2.21. The van der Waals surface area contributed by atoms with Crippen LogP contribution in [0.4, 0.5) is 5.69 Å². The molecule has 1 fully saturated rings. The molecule has 2 atom stereocenters. The van der Waals surface area contributed by atoms with E-state index in [1.54, 1.807) is 11.8 Å². The highest BCUT2D eigenvalue weighted by molar-refractivity contribution is 7.99. The lowest BCUT2D eigenvalue weighted by atomic mass is 9.92. The molecule has 1 amide bonds. The zero-order valence-electron chi connectivity index (χ0n) is 18.5. The maximum atomic E-state index is 12.7. The van der Waals surface area contributed by atoms with Crippen LogP contribution in [-0.4, -0.2) is 42.7 Å². The van der Waals surface area contributed by atoms with E-state index in [1.807, 2.05) is 43.3 Å². The lowest BCUT2D eigenvalue weighted by Gasteiger charge is -2.34. The van der Waals surface area contributed by atoms with Crippen LogP contribution >= 0.6 is 23.4 Å². The molecular weight excluding hydrogens is 426 g/mol. The van der Waals surface area contributed by atoms with E-state index in [0.29, 0.717) is 17.1 Å². The van der Waals surface area contributed by atoms with E-state index < -0.39 is 0 Å². The Kier molecular flexibility index (Phi) is 7.05. The number of nitrogens with one attached hydrogen (secondary N) is 1. The fourth-order valence-electron chi connectivity index (χ4n) is 4.65. The van der Waals surface area contributed by atoms with Crippen LogP contribution in [0, 0.1) is 11.8 Å². The second-order valence-corrected chi connectivity index (χ2v) is 10.5. The summed E-state index contributed by atoms with van der Waals surface area (Å²) in [4.78, 5) is 22.2. The molecule has 2 aromatic carbocycles. The number of rotatable bonds is 5. The number of piperidine rings is 1. The Morgan fingerprint density at radius 1 is 1.16 bits per heavy atom. The van der Waals surface area contributed by atoms with Crippen molar-refractivity contribution in [2.24, 2.45) is 16.8 Å². The third kappa shape index (κ3) is 5.51. The number of halogens is 1. The molecule has 164 valence electrons. The maximum absolute atomic E-state index is 12.7. The zero-order chi connectivity index (χ0) is 22.0. The first-order valence-corrected chi connectivity index (χ1v) is 12.3. The Balaban J connectivity index is 1.37. The van der Waals surface area contributed by atoms with Gasteiger partial charge in [-0.25, -0.2) is 0 Å². The largest absolute Gasteiger partial charge is 0.352 e. The average Bonchev–Trinajstić information content (AvgIpc) is 2.85. The van der Waals surface area contributed by atoms with Crippen molar-refractivity contribution in [2.75, 3.05) is 26.2 Å². The van der Waals surface area contributed by atoms with Crippen molar-refractivity contribution in [2.45, 2.75) is 43.4 Å². The normalized spacial score (nSPS) is 21.0. The third-order valence-corrected chi connectivity index (χ3v) is 7.32. The summed E-state index contributed by atoms with van der Waals surface area (Å²) in [5.74, 6) is 1.50. The summed E-state index contributed by atoms with van der Waals surface area (Å²) in [6.07, 6.45) is 2.29. The van der Waals surface area contributed by atoms with Crippen molar-refractivity contribution >= 4 is 40.7 Å². The number of amides is 1. The molecule has 0 bridgehead atoms. The topological polar surface area (TPSA) is 44.7 Å². The Morgan fingerprint density at radius 2 is 1.90 bits per heavy atom. The summed E-state index contributed by atoms with van der Waals surface area (Å²) < 4.78 is 0. The number of aliphatic imine (C=N–C) groups is 1. The zero-order valence-corrected chi connectivity index (χ0v) is 20.0. The molecule has 2 aromatic rings. The summed E-state index contributed by atoms with van der Waals surface area (Å²) >= 11 is 7.84. The van der Waals surface area contributed by atoms with Gasteiger partial charge < -0.3 is 10.2 Å². The van der Waals surface area contributed by atoms with E-state index in [2.05, 4.69) is 24.1 Å². The van der Waals surface area contributed by atoms with Crippen molar-refractivity contribution in [1.29, 1.82) is 0 Å². The van der Waals surface area contributed by atoms with E-state index in [4.69, 9.17) is 16.6 Å². The second kappa shape index (κ2) is 9.76. The molecule has 2 aliphatic rings. The number of carbonyl (C=O) groups is 1. The minimum Gasteiger partial charge on any atom is -0.352 e. The van der Waals surface area contributed by atoms with Crippen LogP contribution < -0.4 is 5.32 Å². The van der Waals surface area contributed by atoms with Crippen molar-refractivity contribution < 1.29 is 4.79 Å². The molecule has 0 saturated carbocycles. The van der Waals surface area contributed by atoms with Gasteiger partial charge in [-0.15, -0.1) is 0 Å². The molecule has 4 nitrogen and oxygen atoms in total. The molecule has 1 saturated heterocycles. The number of nitrogens with zero attached hydrogens (tertiary/aromatic N) is 2. The molecule has 4 rings (SSSR count). The van der Waals surface area contributed by atoms with Gasteiger partial charge in [-0.05, 0) is 74.5 Å². The van der Waals surface area contributed by atoms with Gasteiger partial charge in [0, 0.05) is 51.3 Å². The minimum absolute atomic E-state index is 0.0363. The highest BCUT2D eigenvalue weighted by atomic mass is 35.5. The minimum atomic E-state index is -0.0363. The number of fused-ring (bicyclic) bond motifs is 2. The number of hydrogen-bond acceptors (Lipinski definition) is 4. The molecule has 2 heterocycles. The first kappa shape index (κ1) is 22.4. The highest BCUT2D eigenvalue weighted by Crippen LogP contribution is 2.41. The van der Waals surface area contributed by atoms with E-state index in [9.17, 15) is 4.79 Å². The van der Waals surface area contributed by atoms with Gasteiger partial charge in [0.1, 0.15) is 0 Å².